The SMILES string of the molecule is CC(NC(=O)C(Cc1ccccc1)NC(N)=O)C1CCN(Cc2ccccc2)C1. The molecule has 0 aliphatic carbocycles. The fraction of sp³-hybridized carbons (Fsp3) is 0.391. The number of rotatable bonds is 8. The number of nitrogens with one attached hydrogen (secondary N) is 2. The van der Waals surface area contributed by atoms with Crippen molar-refractivity contribution in [2.24, 2.45) is 11.7 Å². The molecule has 1 saturated heterocycles. The topological polar surface area (TPSA) is 87.5 Å². The van der Waals surface area contributed by atoms with Gasteiger partial charge in [-0.25, -0.2) is 4.79 Å². The average molecular weight is 395 g/mol. The molecule has 1 fully saturated rings. The highest BCUT2D eigenvalue weighted by molar-refractivity contribution is 5.87. The summed E-state index contributed by atoms with van der Waals surface area (Å²) in [6.45, 7) is 4.94. The summed E-state index contributed by atoms with van der Waals surface area (Å²) in [5.41, 5.74) is 7.57. The van der Waals surface area contributed by atoms with Crippen LogP contribution in [0.2, 0.25) is 0 Å². The van der Waals surface area contributed by atoms with Crippen LogP contribution in [0.15, 0.2) is 60.7 Å². The highest BCUT2D eigenvalue weighted by atomic mass is 16.2. The van der Waals surface area contributed by atoms with Crippen LogP contribution >= 0.6 is 0 Å². The Morgan fingerprint density at radius 1 is 1.03 bits per heavy atom. The van der Waals surface area contributed by atoms with Crippen molar-refractivity contribution in [1.82, 2.24) is 15.5 Å². The van der Waals surface area contributed by atoms with E-state index in [1.54, 1.807) is 0 Å². The number of nitrogens with two attached hydrogens (primary N) is 1. The zero-order valence-electron chi connectivity index (χ0n) is 16.9. The van der Waals surface area contributed by atoms with Gasteiger partial charge in [0.1, 0.15) is 6.04 Å². The van der Waals surface area contributed by atoms with Crippen LogP contribution in [0, 0.1) is 5.92 Å². The average Bonchev–Trinajstić information content (AvgIpc) is 3.17. The van der Waals surface area contributed by atoms with Gasteiger partial charge in [0.05, 0.1) is 0 Å². The Morgan fingerprint density at radius 3 is 2.28 bits per heavy atom. The molecule has 3 atom stereocenters. The Hall–Kier alpha value is -2.86. The molecule has 3 amide bonds. The van der Waals surface area contributed by atoms with Crippen LogP contribution in [0.5, 0.6) is 0 Å². The maximum Gasteiger partial charge on any atom is 0.312 e. The van der Waals surface area contributed by atoms with Crippen molar-refractivity contribution < 1.29 is 9.59 Å². The summed E-state index contributed by atoms with van der Waals surface area (Å²) in [5.74, 6) is 0.190. The smallest absolute Gasteiger partial charge is 0.312 e. The van der Waals surface area contributed by atoms with E-state index in [1.165, 1.54) is 5.56 Å². The predicted molar refractivity (Wildman–Crippen MR) is 114 cm³/mol. The number of urea groups is 1. The molecule has 0 aromatic heterocycles. The van der Waals surface area contributed by atoms with Gasteiger partial charge in [-0.15, -0.1) is 0 Å². The van der Waals surface area contributed by atoms with Gasteiger partial charge in [-0.05, 0) is 36.9 Å². The molecule has 2 aromatic rings. The molecular formula is C23H30N4O2. The Bertz CT molecular complexity index is 797. The lowest BCUT2D eigenvalue weighted by atomic mass is 9.99. The normalized spacial score (nSPS) is 18.7. The van der Waals surface area contributed by atoms with E-state index >= 15 is 0 Å². The fourth-order valence-electron chi connectivity index (χ4n) is 3.93. The van der Waals surface area contributed by atoms with Crippen LogP contribution in [0.4, 0.5) is 4.79 Å². The third-order valence-electron chi connectivity index (χ3n) is 5.55. The first-order valence-corrected chi connectivity index (χ1v) is 10.2. The molecule has 0 spiro atoms. The standard InChI is InChI=1S/C23H30N4O2/c1-17(20-12-13-27(16-20)15-19-10-6-3-7-11-19)25-22(28)21(26-23(24)29)14-18-8-4-2-5-9-18/h2-11,17,20-21H,12-16H2,1H3,(H,25,28)(H3,24,26,29). The number of hydrogen-bond acceptors (Lipinski definition) is 3. The first-order valence-electron chi connectivity index (χ1n) is 10.2. The van der Waals surface area contributed by atoms with Crippen LogP contribution < -0.4 is 16.4 Å². The van der Waals surface area contributed by atoms with Crippen molar-refractivity contribution in [2.45, 2.75) is 38.4 Å². The molecule has 1 heterocycles. The minimum atomic E-state index is -0.691. The molecule has 6 nitrogen and oxygen atoms in total. The zero-order valence-corrected chi connectivity index (χ0v) is 16.9. The quantitative estimate of drug-likeness (QED) is 0.642. The van der Waals surface area contributed by atoms with Crippen molar-refractivity contribution in [3.8, 4) is 0 Å². The van der Waals surface area contributed by atoms with E-state index in [9.17, 15) is 9.59 Å². The van der Waals surface area contributed by atoms with Crippen molar-refractivity contribution in [3.63, 3.8) is 0 Å². The number of amides is 3. The number of nitrogens with zero attached hydrogens (tertiary/aromatic N) is 1. The molecule has 29 heavy (non-hydrogen) atoms. The largest absolute Gasteiger partial charge is 0.352 e. The molecule has 1 aliphatic heterocycles. The first-order chi connectivity index (χ1) is 14.0. The van der Waals surface area contributed by atoms with Crippen LogP contribution in [-0.2, 0) is 17.8 Å². The van der Waals surface area contributed by atoms with Crippen molar-refractivity contribution in [3.05, 3.63) is 71.8 Å². The Kier molecular flexibility index (Phi) is 7.25. The molecule has 6 heteroatoms. The van der Waals surface area contributed by atoms with Gasteiger partial charge in [-0.2, -0.15) is 0 Å². The highest BCUT2D eigenvalue weighted by Crippen LogP contribution is 2.21. The zero-order chi connectivity index (χ0) is 20.6. The molecule has 0 radical (unpaired) electrons. The van der Waals surface area contributed by atoms with E-state index < -0.39 is 12.1 Å². The fourth-order valence-corrected chi connectivity index (χ4v) is 3.93. The van der Waals surface area contributed by atoms with Gasteiger partial charge in [0.2, 0.25) is 5.91 Å². The third kappa shape index (κ3) is 6.32. The van der Waals surface area contributed by atoms with Gasteiger partial charge in [-0.1, -0.05) is 60.7 Å². The lowest BCUT2D eigenvalue weighted by molar-refractivity contribution is -0.123. The third-order valence-corrected chi connectivity index (χ3v) is 5.55. The number of carbonyl (C=O) groups is 2. The molecule has 0 bridgehead atoms. The van der Waals surface area contributed by atoms with E-state index in [0.717, 1.165) is 31.6 Å². The van der Waals surface area contributed by atoms with Gasteiger partial charge in [-0.3, -0.25) is 9.69 Å². The lowest BCUT2D eigenvalue weighted by Gasteiger charge is -2.25. The summed E-state index contributed by atoms with van der Waals surface area (Å²) in [5, 5.41) is 5.68. The summed E-state index contributed by atoms with van der Waals surface area (Å²) in [4.78, 5) is 26.6. The summed E-state index contributed by atoms with van der Waals surface area (Å²) in [6, 6.07) is 18.7. The monoisotopic (exact) mass is 394 g/mol. The predicted octanol–water partition coefficient (Wildman–Crippen LogP) is 2.29. The molecular weight excluding hydrogens is 364 g/mol. The molecule has 0 saturated carbocycles. The number of carbonyl (C=O) groups excluding carboxylic acids is 2. The number of likely N-dealkylation sites (tertiary alicyclic amines) is 1. The molecule has 154 valence electrons. The summed E-state index contributed by atoms with van der Waals surface area (Å²) in [6.07, 6.45) is 1.45. The number of benzene rings is 2. The van der Waals surface area contributed by atoms with E-state index in [0.29, 0.717) is 12.3 Å². The Balaban J connectivity index is 1.54. The van der Waals surface area contributed by atoms with Crippen LogP contribution in [-0.4, -0.2) is 42.0 Å². The molecule has 1 aliphatic rings. The van der Waals surface area contributed by atoms with E-state index in [4.69, 9.17) is 5.73 Å². The van der Waals surface area contributed by atoms with Crippen molar-refractivity contribution in [1.29, 1.82) is 0 Å². The number of primary amides is 1. The van der Waals surface area contributed by atoms with Crippen LogP contribution in [0.1, 0.15) is 24.5 Å². The van der Waals surface area contributed by atoms with Gasteiger partial charge in [0.25, 0.3) is 0 Å². The van der Waals surface area contributed by atoms with Crippen molar-refractivity contribution in [2.75, 3.05) is 13.1 Å². The minimum absolute atomic E-state index is 0.0243. The Labute approximate surface area is 172 Å². The summed E-state index contributed by atoms with van der Waals surface area (Å²) < 4.78 is 0. The maximum atomic E-state index is 12.8. The van der Waals surface area contributed by atoms with Crippen molar-refractivity contribution >= 4 is 11.9 Å². The molecule has 4 N–H and O–H groups in total. The molecule has 2 aromatic carbocycles. The van der Waals surface area contributed by atoms with E-state index in [-0.39, 0.29) is 11.9 Å². The highest BCUT2D eigenvalue weighted by Gasteiger charge is 2.30. The first kappa shape index (κ1) is 20.9. The minimum Gasteiger partial charge on any atom is -0.352 e. The number of hydrogen-bond donors (Lipinski definition) is 3. The lowest BCUT2D eigenvalue weighted by Crippen LogP contribution is -2.52. The van der Waals surface area contributed by atoms with Gasteiger partial charge in [0.15, 0.2) is 0 Å². The second-order valence-corrected chi connectivity index (χ2v) is 7.82. The van der Waals surface area contributed by atoms with Gasteiger partial charge >= 0.3 is 6.03 Å². The van der Waals surface area contributed by atoms with Crippen LogP contribution in [0.3, 0.4) is 0 Å². The molecule has 3 unspecified atom stereocenters. The second-order valence-electron chi connectivity index (χ2n) is 7.82. The second kappa shape index (κ2) is 10.1. The summed E-state index contributed by atoms with van der Waals surface area (Å²) >= 11 is 0. The maximum absolute atomic E-state index is 12.8. The summed E-state index contributed by atoms with van der Waals surface area (Å²) in [7, 11) is 0. The van der Waals surface area contributed by atoms with Crippen LogP contribution in [0.25, 0.3) is 0 Å². The van der Waals surface area contributed by atoms with Gasteiger partial charge < -0.3 is 16.4 Å². The molecule has 3 rings (SSSR count). The van der Waals surface area contributed by atoms with E-state index in [2.05, 4.69) is 39.8 Å². The Morgan fingerprint density at radius 2 is 1.66 bits per heavy atom. The van der Waals surface area contributed by atoms with E-state index in [1.807, 2.05) is 43.3 Å². The van der Waals surface area contributed by atoms with Gasteiger partial charge in [0, 0.05) is 25.6 Å².